The molecule has 0 radical (unpaired) electrons. The molecule has 0 bridgehead atoms. The molecule has 0 aromatic carbocycles. The Morgan fingerprint density at radius 3 is 1.31 bits per heavy atom. The summed E-state index contributed by atoms with van der Waals surface area (Å²) in [5, 5.41) is 53.8. The van der Waals surface area contributed by atoms with Crippen LogP contribution in [-0.4, -0.2) is 117 Å². The molecule has 1 aliphatic heterocycles. The van der Waals surface area contributed by atoms with Gasteiger partial charge in [0.1, 0.15) is 36.3 Å². The van der Waals surface area contributed by atoms with Crippen LogP contribution < -0.4 is 31.9 Å². The Kier molecular flexibility index (Phi) is 15.9. The van der Waals surface area contributed by atoms with Crippen molar-refractivity contribution in [3.8, 4) is 0 Å². The van der Waals surface area contributed by atoms with Crippen molar-refractivity contribution in [2.45, 2.75) is 116 Å². The molecule has 10 N–H and O–H groups in total. The van der Waals surface area contributed by atoms with E-state index in [1.807, 2.05) is 0 Å². The molecule has 0 aliphatic carbocycles. The van der Waals surface area contributed by atoms with Crippen LogP contribution in [-0.2, 0) is 33.6 Å². The van der Waals surface area contributed by atoms with E-state index in [1.165, 1.54) is 6.92 Å². The maximum Gasteiger partial charge on any atom is 0.303 e. The van der Waals surface area contributed by atoms with E-state index in [-0.39, 0.29) is 24.7 Å². The number of carboxylic acid groups (broad SMARTS) is 1. The quantitative estimate of drug-likeness (QED) is 0.112. The summed E-state index contributed by atoms with van der Waals surface area (Å²) in [5.74, 6) is -7.43. The maximum absolute atomic E-state index is 13.4. The van der Waals surface area contributed by atoms with Gasteiger partial charge >= 0.3 is 5.97 Å². The number of amides is 6. The van der Waals surface area contributed by atoms with Crippen LogP contribution in [0.15, 0.2) is 0 Å². The number of nitrogens with one attached hydrogen (secondary N) is 6. The average Bonchev–Trinajstić information content (AvgIpc) is 2.92. The van der Waals surface area contributed by atoms with Crippen LogP contribution in [0.3, 0.4) is 0 Å². The first kappa shape index (κ1) is 39.2. The van der Waals surface area contributed by atoms with Crippen LogP contribution in [0.25, 0.3) is 0 Å². The van der Waals surface area contributed by atoms with Gasteiger partial charge in [-0.15, -0.1) is 0 Å². The lowest BCUT2D eigenvalue weighted by atomic mass is 9.99. The van der Waals surface area contributed by atoms with E-state index in [1.54, 1.807) is 27.7 Å². The lowest BCUT2D eigenvalue weighted by Gasteiger charge is -2.30. The number of hydrogen-bond donors (Lipinski definition) is 10. The summed E-state index contributed by atoms with van der Waals surface area (Å²) < 4.78 is 0. The fraction of sp³-hybridized carbons (Fsp3) is 0.750. The molecule has 1 aliphatic rings. The predicted molar refractivity (Wildman–Crippen MR) is 158 cm³/mol. The van der Waals surface area contributed by atoms with E-state index in [2.05, 4.69) is 31.9 Å². The first-order chi connectivity index (χ1) is 20.9. The summed E-state index contributed by atoms with van der Waals surface area (Å²) in [6, 6.07) is -9.08. The minimum Gasteiger partial charge on any atom is -0.481 e. The summed E-state index contributed by atoms with van der Waals surface area (Å²) in [6.45, 7) is 8.52. The number of aliphatic carboxylic acids is 1. The molecule has 0 saturated carbocycles. The van der Waals surface area contributed by atoms with E-state index < -0.39 is 109 Å². The SMILES string of the molecule is CC(C)C[C@@H]1NC(=O)[C@@H](CC(C)C)NC(=O)[C@H]([C@@H](C)O)NC(=O)[C@H]([C@@H](C)O)NC(=O)[C@H](CCC(=O)O)NC(=O)[C@H](CO)NC1=O. The minimum absolute atomic E-state index is 0.0937. The standard InChI is InChI=1S/C28H48N6O11/c1-12(2)9-17-25(42)32-19(11-35)26(43)29-16(7-8-20(38)39)23(40)33-22(15(6)37)28(45)34-21(14(5)36)27(44)31-18(10-13(3)4)24(41)30-17/h12-19,21-22,35-37H,7-11H2,1-6H3,(H,29,43)(H,30,41)(H,31,44)(H,32,42)(H,33,40)(H,34,45)(H,38,39)/t14-,15-,16+,17+,18-,19+,21+,22+/m1/s1. The Hall–Kier alpha value is -3.83. The van der Waals surface area contributed by atoms with Crippen molar-refractivity contribution in [3.63, 3.8) is 0 Å². The number of rotatable bonds is 10. The molecular weight excluding hydrogens is 596 g/mol. The van der Waals surface area contributed by atoms with Crippen molar-refractivity contribution in [1.82, 2.24) is 31.9 Å². The molecule has 17 nitrogen and oxygen atoms in total. The van der Waals surface area contributed by atoms with Gasteiger partial charge in [0.15, 0.2) is 0 Å². The minimum atomic E-state index is -1.74. The summed E-state index contributed by atoms with van der Waals surface area (Å²) in [6.07, 6.45) is -3.98. The lowest BCUT2D eigenvalue weighted by Crippen LogP contribution is -2.64. The second-order valence-electron chi connectivity index (χ2n) is 12.1. The van der Waals surface area contributed by atoms with Gasteiger partial charge in [-0.1, -0.05) is 27.7 Å². The molecule has 1 rings (SSSR count). The third kappa shape index (κ3) is 13.0. The molecule has 1 heterocycles. The molecular formula is C28H48N6O11. The number of aliphatic hydroxyl groups excluding tert-OH is 3. The predicted octanol–water partition coefficient (Wildman–Crippen LogP) is -3.38. The average molecular weight is 645 g/mol. The van der Waals surface area contributed by atoms with Gasteiger partial charge < -0.3 is 52.3 Å². The monoisotopic (exact) mass is 644 g/mol. The fourth-order valence-corrected chi connectivity index (χ4v) is 4.52. The second-order valence-corrected chi connectivity index (χ2v) is 12.1. The highest BCUT2D eigenvalue weighted by molar-refractivity contribution is 5.98. The summed E-state index contributed by atoms with van der Waals surface area (Å²) in [7, 11) is 0. The molecule has 1 saturated heterocycles. The van der Waals surface area contributed by atoms with Crippen molar-refractivity contribution in [2.75, 3.05) is 6.61 Å². The molecule has 0 aromatic heterocycles. The third-order valence-electron chi connectivity index (χ3n) is 6.90. The highest BCUT2D eigenvalue weighted by atomic mass is 16.4. The van der Waals surface area contributed by atoms with E-state index in [0.29, 0.717) is 0 Å². The van der Waals surface area contributed by atoms with Gasteiger partial charge in [0.2, 0.25) is 35.4 Å². The Morgan fingerprint density at radius 1 is 0.578 bits per heavy atom. The van der Waals surface area contributed by atoms with Crippen molar-refractivity contribution in [2.24, 2.45) is 11.8 Å². The first-order valence-corrected chi connectivity index (χ1v) is 14.9. The second kappa shape index (κ2) is 18.2. The maximum atomic E-state index is 13.4. The fourth-order valence-electron chi connectivity index (χ4n) is 4.52. The number of aliphatic hydroxyl groups is 3. The van der Waals surface area contributed by atoms with Crippen LogP contribution in [0.1, 0.15) is 67.2 Å². The van der Waals surface area contributed by atoms with E-state index in [9.17, 15) is 48.9 Å². The van der Waals surface area contributed by atoms with Gasteiger partial charge in [0.05, 0.1) is 18.8 Å². The molecule has 8 atom stereocenters. The molecule has 45 heavy (non-hydrogen) atoms. The summed E-state index contributed by atoms with van der Waals surface area (Å²) >= 11 is 0. The Morgan fingerprint density at radius 2 is 0.911 bits per heavy atom. The van der Waals surface area contributed by atoms with Gasteiger partial charge in [0.25, 0.3) is 0 Å². The molecule has 0 unspecified atom stereocenters. The van der Waals surface area contributed by atoms with Gasteiger partial charge in [-0.05, 0) is 44.9 Å². The molecule has 1 fully saturated rings. The summed E-state index contributed by atoms with van der Waals surface area (Å²) in [5.41, 5.74) is 0. The molecule has 256 valence electrons. The molecule has 6 amide bonds. The number of carboxylic acids is 1. The number of carbonyl (C=O) groups excluding carboxylic acids is 6. The van der Waals surface area contributed by atoms with Crippen molar-refractivity contribution in [1.29, 1.82) is 0 Å². The largest absolute Gasteiger partial charge is 0.481 e. The zero-order valence-electron chi connectivity index (χ0n) is 26.5. The van der Waals surface area contributed by atoms with Crippen LogP contribution in [0.2, 0.25) is 0 Å². The number of hydrogen-bond acceptors (Lipinski definition) is 10. The van der Waals surface area contributed by atoms with Crippen molar-refractivity contribution < 1.29 is 54.0 Å². The lowest BCUT2D eigenvalue weighted by molar-refractivity contribution is -0.140. The normalized spacial score (nSPS) is 27.6. The molecule has 0 spiro atoms. The van der Waals surface area contributed by atoms with E-state index in [0.717, 1.165) is 6.92 Å². The Labute approximate surface area is 261 Å². The molecule has 0 aromatic rings. The smallest absolute Gasteiger partial charge is 0.303 e. The third-order valence-corrected chi connectivity index (χ3v) is 6.90. The van der Waals surface area contributed by atoms with Gasteiger partial charge in [0, 0.05) is 6.42 Å². The van der Waals surface area contributed by atoms with Gasteiger partial charge in [-0.2, -0.15) is 0 Å². The van der Waals surface area contributed by atoms with E-state index >= 15 is 0 Å². The first-order valence-electron chi connectivity index (χ1n) is 14.9. The summed E-state index contributed by atoms with van der Waals surface area (Å²) in [4.78, 5) is 90.7. The zero-order chi connectivity index (χ0) is 34.6. The highest BCUT2D eigenvalue weighted by Crippen LogP contribution is 2.11. The van der Waals surface area contributed by atoms with Crippen molar-refractivity contribution >= 4 is 41.4 Å². The van der Waals surface area contributed by atoms with Gasteiger partial charge in [-0.25, -0.2) is 0 Å². The van der Waals surface area contributed by atoms with Crippen LogP contribution in [0.4, 0.5) is 0 Å². The van der Waals surface area contributed by atoms with Crippen LogP contribution in [0.5, 0.6) is 0 Å². The Bertz CT molecular complexity index is 1080. The molecule has 17 heteroatoms. The topological polar surface area (TPSA) is 273 Å². The van der Waals surface area contributed by atoms with Crippen LogP contribution >= 0.6 is 0 Å². The van der Waals surface area contributed by atoms with Gasteiger partial charge in [-0.3, -0.25) is 33.6 Å². The van der Waals surface area contributed by atoms with E-state index in [4.69, 9.17) is 5.11 Å². The number of carbonyl (C=O) groups is 7. The highest BCUT2D eigenvalue weighted by Gasteiger charge is 2.37. The Balaban J connectivity index is 3.67. The van der Waals surface area contributed by atoms with Crippen LogP contribution in [0, 0.1) is 11.8 Å². The van der Waals surface area contributed by atoms with Crippen molar-refractivity contribution in [3.05, 3.63) is 0 Å². The zero-order valence-corrected chi connectivity index (χ0v) is 26.5.